The van der Waals surface area contributed by atoms with Crippen LogP contribution in [0.25, 0.3) is 6.08 Å². The lowest BCUT2D eigenvalue weighted by atomic mass is 9.99. The van der Waals surface area contributed by atoms with Gasteiger partial charge in [0.15, 0.2) is 0 Å². The number of rotatable bonds is 7. The van der Waals surface area contributed by atoms with Crippen LogP contribution in [0.15, 0.2) is 52.3 Å². The van der Waals surface area contributed by atoms with Crippen molar-refractivity contribution >= 4 is 29.4 Å². The van der Waals surface area contributed by atoms with Crippen molar-refractivity contribution in [2.75, 3.05) is 51.4 Å². The van der Waals surface area contributed by atoms with Crippen LogP contribution >= 0.6 is 11.8 Å². The molecule has 0 aromatic heterocycles. The van der Waals surface area contributed by atoms with Gasteiger partial charge in [0.2, 0.25) is 5.91 Å². The summed E-state index contributed by atoms with van der Waals surface area (Å²) in [6, 6.07) is 8.55. The maximum absolute atomic E-state index is 14.2. The molecule has 2 fully saturated rings. The van der Waals surface area contributed by atoms with E-state index in [-0.39, 0.29) is 26.3 Å². The largest absolute Gasteiger partial charge is 0.418 e. The van der Waals surface area contributed by atoms with Crippen LogP contribution in [0.3, 0.4) is 0 Å². The molecule has 1 amide bonds. The second-order valence-corrected chi connectivity index (χ2v) is 10.4. The minimum Gasteiger partial charge on any atom is -0.385 e. The average molecular weight is 575 g/mol. The summed E-state index contributed by atoms with van der Waals surface area (Å²) in [5.41, 5.74) is -3.66. The molecule has 0 aliphatic carbocycles. The Hall–Kier alpha value is -2.70. The third-order valence-corrected chi connectivity index (χ3v) is 7.54. The van der Waals surface area contributed by atoms with Crippen molar-refractivity contribution in [2.24, 2.45) is 5.92 Å². The minimum atomic E-state index is -5.31. The molecule has 0 spiro atoms. The molecule has 4 rings (SSSR count). The predicted octanol–water partition coefficient (Wildman–Crippen LogP) is 6.59. The Labute approximate surface area is 226 Å². The monoisotopic (exact) mass is 574 g/mol. The maximum atomic E-state index is 14.2. The molecule has 12 heteroatoms. The molecule has 2 aliphatic rings. The Balaban J connectivity index is 1.61. The van der Waals surface area contributed by atoms with Gasteiger partial charge < -0.3 is 19.7 Å². The number of carbonyl (C=O) groups is 1. The number of benzene rings is 2. The van der Waals surface area contributed by atoms with E-state index in [0.717, 1.165) is 37.1 Å². The van der Waals surface area contributed by atoms with Gasteiger partial charge in [-0.1, -0.05) is 23.9 Å². The highest BCUT2D eigenvalue weighted by atomic mass is 32.2. The molecule has 212 valence electrons. The van der Waals surface area contributed by atoms with Gasteiger partial charge in [0, 0.05) is 54.4 Å². The number of hydrogen-bond donors (Lipinski definition) is 1. The normalized spacial score (nSPS) is 17.5. The standard InChI is InChI=1S/C27H28F6N2O3S/c28-26(29,30)24-19(5-7-23(36)35-10-14-38-15-11-35)4-6-22(25(24)27(31,32)33)39-21-3-1-2-20(16-21)34-17-18-8-12-37-13-9-18/h1-7,16,18,34H,8-15,17H2. The molecular formula is C27H28F6N2O3S. The Kier molecular flexibility index (Phi) is 9.50. The third-order valence-electron chi connectivity index (χ3n) is 6.49. The van der Waals surface area contributed by atoms with Crippen molar-refractivity contribution in [3.63, 3.8) is 0 Å². The van der Waals surface area contributed by atoms with Gasteiger partial charge in [-0.15, -0.1) is 0 Å². The van der Waals surface area contributed by atoms with Crippen LogP contribution in [-0.2, 0) is 26.6 Å². The Morgan fingerprint density at radius 3 is 2.28 bits per heavy atom. The highest BCUT2D eigenvalue weighted by Crippen LogP contribution is 2.48. The first-order valence-corrected chi connectivity index (χ1v) is 13.3. The molecule has 2 saturated heterocycles. The molecule has 2 aliphatic heterocycles. The third kappa shape index (κ3) is 7.92. The molecular weight excluding hydrogens is 546 g/mol. The van der Waals surface area contributed by atoms with E-state index >= 15 is 0 Å². The number of alkyl halides is 6. The van der Waals surface area contributed by atoms with Gasteiger partial charge in [-0.05, 0) is 54.7 Å². The van der Waals surface area contributed by atoms with Crippen molar-refractivity contribution in [3.05, 3.63) is 59.2 Å². The van der Waals surface area contributed by atoms with Crippen LogP contribution in [0.5, 0.6) is 0 Å². The molecule has 39 heavy (non-hydrogen) atoms. The van der Waals surface area contributed by atoms with Crippen molar-refractivity contribution in [1.82, 2.24) is 4.90 Å². The molecule has 0 atom stereocenters. The highest BCUT2D eigenvalue weighted by molar-refractivity contribution is 7.99. The van der Waals surface area contributed by atoms with Crippen LogP contribution in [0.4, 0.5) is 32.0 Å². The molecule has 0 saturated carbocycles. The van der Waals surface area contributed by atoms with E-state index in [2.05, 4.69) is 5.32 Å². The average Bonchev–Trinajstić information content (AvgIpc) is 2.91. The topological polar surface area (TPSA) is 50.8 Å². The van der Waals surface area contributed by atoms with Crippen LogP contribution < -0.4 is 5.32 Å². The summed E-state index contributed by atoms with van der Waals surface area (Å²) < 4.78 is 95.3. The lowest BCUT2D eigenvalue weighted by Crippen LogP contribution is -2.39. The smallest absolute Gasteiger partial charge is 0.385 e. The molecule has 0 unspecified atom stereocenters. The molecule has 2 aromatic rings. The zero-order valence-electron chi connectivity index (χ0n) is 20.9. The molecule has 5 nitrogen and oxygen atoms in total. The first-order chi connectivity index (χ1) is 18.5. The van der Waals surface area contributed by atoms with Gasteiger partial charge in [-0.25, -0.2) is 0 Å². The summed E-state index contributed by atoms with van der Waals surface area (Å²) in [5.74, 6) is -0.194. The number of halogens is 6. The van der Waals surface area contributed by atoms with Gasteiger partial charge in [-0.2, -0.15) is 26.3 Å². The number of hydrogen-bond acceptors (Lipinski definition) is 5. The van der Waals surface area contributed by atoms with E-state index in [4.69, 9.17) is 9.47 Å². The predicted molar refractivity (Wildman–Crippen MR) is 135 cm³/mol. The first-order valence-electron chi connectivity index (χ1n) is 12.5. The molecule has 2 heterocycles. The Morgan fingerprint density at radius 1 is 0.949 bits per heavy atom. The van der Waals surface area contributed by atoms with Crippen molar-refractivity contribution in [1.29, 1.82) is 0 Å². The summed E-state index contributed by atoms with van der Waals surface area (Å²) in [6.45, 7) is 3.08. The maximum Gasteiger partial charge on any atom is 0.418 e. The second-order valence-electron chi connectivity index (χ2n) is 9.24. The number of amides is 1. The summed E-state index contributed by atoms with van der Waals surface area (Å²) in [5, 5.41) is 3.26. The summed E-state index contributed by atoms with van der Waals surface area (Å²) in [7, 11) is 0. The number of nitrogens with one attached hydrogen (secondary N) is 1. The fraction of sp³-hybridized carbons (Fsp3) is 0.444. The van der Waals surface area contributed by atoms with Gasteiger partial charge in [0.1, 0.15) is 0 Å². The summed E-state index contributed by atoms with van der Waals surface area (Å²) >= 11 is 0.610. The van der Waals surface area contributed by atoms with E-state index in [1.807, 2.05) is 0 Å². The number of ether oxygens (including phenoxy) is 2. The SMILES string of the molecule is O=C(C=Cc1ccc(Sc2cccc(NCC3CCOCC3)c2)c(C(F)(F)F)c1C(F)(F)F)N1CCOCC1. The second kappa shape index (κ2) is 12.6. The minimum absolute atomic E-state index is 0.252. The van der Waals surface area contributed by atoms with Gasteiger partial charge in [-0.3, -0.25) is 4.79 Å². The Morgan fingerprint density at radius 2 is 1.62 bits per heavy atom. The molecule has 1 N–H and O–H groups in total. The lowest BCUT2D eigenvalue weighted by Gasteiger charge is -2.25. The van der Waals surface area contributed by atoms with Crippen molar-refractivity contribution in [2.45, 2.75) is 35.0 Å². The lowest BCUT2D eigenvalue weighted by molar-refractivity contribution is -0.163. The Bertz CT molecular complexity index is 1170. The fourth-order valence-corrected chi connectivity index (χ4v) is 5.51. The van der Waals surface area contributed by atoms with Gasteiger partial charge in [0.25, 0.3) is 0 Å². The van der Waals surface area contributed by atoms with Crippen molar-refractivity contribution in [3.8, 4) is 0 Å². The number of morpholine rings is 1. The highest BCUT2D eigenvalue weighted by Gasteiger charge is 2.46. The van der Waals surface area contributed by atoms with Crippen LogP contribution in [0, 0.1) is 5.92 Å². The molecule has 0 bridgehead atoms. The fourth-order valence-electron chi connectivity index (χ4n) is 4.47. The zero-order valence-corrected chi connectivity index (χ0v) is 21.7. The van der Waals surface area contributed by atoms with Crippen molar-refractivity contribution < 1.29 is 40.6 Å². The number of anilines is 1. The van der Waals surface area contributed by atoms with Gasteiger partial charge >= 0.3 is 12.4 Å². The van der Waals surface area contributed by atoms with Crippen LogP contribution in [0.2, 0.25) is 0 Å². The van der Waals surface area contributed by atoms with E-state index in [0.29, 0.717) is 48.0 Å². The first kappa shape index (κ1) is 29.3. The van der Waals surface area contributed by atoms with Gasteiger partial charge in [0.05, 0.1) is 24.3 Å². The number of carbonyl (C=O) groups excluding carboxylic acids is 1. The zero-order chi connectivity index (χ0) is 28.0. The number of nitrogens with zero attached hydrogens (tertiary/aromatic N) is 1. The van der Waals surface area contributed by atoms with E-state index in [1.54, 1.807) is 24.3 Å². The summed E-state index contributed by atoms with van der Waals surface area (Å²) in [6.07, 6.45) is -7.13. The molecule has 0 radical (unpaired) electrons. The van der Waals surface area contributed by atoms with Crippen LogP contribution in [0.1, 0.15) is 29.5 Å². The summed E-state index contributed by atoms with van der Waals surface area (Å²) in [4.78, 5) is 13.5. The molecule has 2 aromatic carbocycles. The van der Waals surface area contributed by atoms with E-state index in [1.165, 1.54) is 4.90 Å². The quantitative estimate of drug-likeness (QED) is 0.299. The van der Waals surface area contributed by atoms with Crippen LogP contribution in [-0.4, -0.2) is 56.9 Å². The van der Waals surface area contributed by atoms with E-state index < -0.39 is 39.8 Å². The van der Waals surface area contributed by atoms with E-state index in [9.17, 15) is 31.1 Å².